The number of aliphatic hydroxyl groups excluding tert-OH is 1. The van der Waals surface area contributed by atoms with Crippen LogP contribution in [0.2, 0.25) is 0 Å². The molecule has 0 spiro atoms. The van der Waals surface area contributed by atoms with E-state index in [-0.39, 0.29) is 25.7 Å². The molecule has 0 aliphatic heterocycles. The molecule has 84 heavy (non-hydrogen) atoms. The molecule has 0 saturated carbocycles. The van der Waals surface area contributed by atoms with Crippen molar-refractivity contribution in [3.63, 3.8) is 0 Å². The van der Waals surface area contributed by atoms with Gasteiger partial charge in [0.05, 0.1) is 26.4 Å². The minimum Gasteiger partial charge on any atom is -0.462 e. The molecule has 0 heterocycles. The highest BCUT2D eigenvalue weighted by atomic mass is 31.2. The van der Waals surface area contributed by atoms with Gasteiger partial charge in [0.2, 0.25) is 0 Å². The Kier molecular flexibility index (Phi) is 56.5. The first-order valence-electron chi connectivity index (χ1n) is 33.5. The molecular weight excluding hydrogens is 1110 g/mol. The zero-order valence-corrected chi connectivity index (χ0v) is 55.3. The number of hydrogen-bond acceptors (Lipinski definition) is 15. The van der Waals surface area contributed by atoms with Crippen LogP contribution >= 0.6 is 15.6 Å². The minimum atomic E-state index is -4.95. The fraction of sp³-hybridized carbons (Fsp3) is 0.877. The number of carbonyl (C=O) groups is 4. The van der Waals surface area contributed by atoms with Crippen LogP contribution in [-0.4, -0.2) is 96.7 Å². The van der Waals surface area contributed by atoms with E-state index in [1.54, 1.807) is 0 Å². The minimum absolute atomic E-state index is 0.0850. The SMILES string of the molecule is CCCCCC/C=C\C=C/CCCCCCCC(=O)O[C@H](COC(=O)CCCCCCCCCCCCCCC(C)C)COP(=O)(O)OC[C@@H](O)COP(=O)(O)OC[C@@H](COC(=O)CCCCCCCCC)OC(=O)CCCCCCCCC. The van der Waals surface area contributed by atoms with Crippen molar-refractivity contribution in [2.45, 2.75) is 323 Å². The van der Waals surface area contributed by atoms with Crippen LogP contribution in [0.1, 0.15) is 304 Å². The fourth-order valence-electron chi connectivity index (χ4n) is 9.22. The fourth-order valence-corrected chi connectivity index (χ4v) is 10.8. The summed E-state index contributed by atoms with van der Waals surface area (Å²) in [7, 11) is -9.89. The van der Waals surface area contributed by atoms with Gasteiger partial charge in [-0.3, -0.25) is 37.3 Å². The van der Waals surface area contributed by atoms with Gasteiger partial charge in [0.15, 0.2) is 12.2 Å². The molecule has 2 unspecified atom stereocenters. The highest BCUT2D eigenvalue weighted by Crippen LogP contribution is 2.45. The lowest BCUT2D eigenvalue weighted by atomic mass is 10.0. The smallest absolute Gasteiger partial charge is 0.462 e. The van der Waals surface area contributed by atoms with Crippen molar-refractivity contribution in [3.05, 3.63) is 24.3 Å². The number of unbranched alkanes of at least 4 members (excludes halogenated alkanes) is 32. The summed E-state index contributed by atoms with van der Waals surface area (Å²) in [6.07, 6.45) is 45.5. The van der Waals surface area contributed by atoms with E-state index in [9.17, 15) is 43.2 Å². The molecule has 0 aromatic heterocycles. The number of allylic oxidation sites excluding steroid dienone is 4. The van der Waals surface area contributed by atoms with Crippen molar-refractivity contribution in [3.8, 4) is 0 Å². The predicted molar refractivity (Wildman–Crippen MR) is 335 cm³/mol. The molecule has 5 atom stereocenters. The molecule has 3 N–H and O–H groups in total. The third-order valence-electron chi connectivity index (χ3n) is 14.4. The molecule has 0 fully saturated rings. The average Bonchev–Trinajstić information content (AvgIpc) is 3.64. The summed E-state index contributed by atoms with van der Waals surface area (Å²) in [4.78, 5) is 72.0. The Labute approximate surface area is 510 Å². The number of esters is 4. The van der Waals surface area contributed by atoms with E-state index in [0.29, 0.717) is 25.7 Å². The molecular formula is C65H122O17P2. The zero-order chi connectivity index (χ0) is 62.0. The van der Waals surface area contributed by atoms with Gasteiger partial charge >= 0.3 is 39.5 Å². The first kappa shape index (κ1) is 81.5. The highest BCUT2D eigenvalue weighted by molar-refractivity contribution is 7.47. The van der Waals surface area contributed by atoms with Crippen LogP contribution in [0.5, 0.6) is 0 Å². The predicted octanol–water partition coefficient (Wildman–Crippen LogP) is 17.7. The lowest BCUT2D eigenvalue weighted by Crippen LogP contribution is -2.30. The lowest BCUT2D eigenvalue weighted by molar-refractivity contribution is -0.161. The number of hydrogen-bond donors (Lipinski definition) is 3. The summed E-state index contributed by atoms with van der Waals surface area (Å²) in [6, 6.07) is 0. The van der Waals surface area contributed by atoms with Crippen LogP contribution in [0.25, 0.3) is 0 Å². The van der Waals surface area contributed by atoms with Gasteiger partial charge in [-0.25, -0.2) is 9.13 Å². The molecule has 0 aromatic rings. The van der Waals surface area contributed by atoms with Crippen molar-refractivity contribution >= 4 is 39.5 Å². The molecule has 0 radical (unpaired) electrons. The summed E-state index contributed by atoms with van der Waals surface area (Å²) in [5, 5.41) is 10.5. The Balaban J connectivity index is 5.21. The molecule has 0 rings (SSSR count). The molecule has 0 amide bonds. The maximum Gasteiger partial charge on any atom is 0.472 e. The van der Waals surface area contributed by atoms with Crippen LogP contribution in [-0.2, 0) is 65.4 Å². The largest absolute Gasteiger partial charge is 0.472 e. The standard InChI is InChI=1S/C65H122O17P2/c1-6-9-12-15-18-19-20-21-22-23-28-31-36-41-46-51-65(70)82-61(55-76-63(68)49-44-39-35-30-27-25-24-26-29-34-37-42-47-58(4)5)57-80-84(73,74)78-53-59(66)52-77-83(71,72)79-56-60(81-64(69)50-45-40-33-17-14-11-8-3)54-75-62(67)48-43-38-32-16-13-10-7-2/h19-22,58-61,66H,6-18,23-57H2,1-5H3,(H,71,72)(H,73,74)/b20-19-,22-21-/t59-,60+,61+/m0/s1. The molecule has 19 heteroatoms. The Bertz CT molecular complexity index is 1730. The first-order valence-corrected chi connectivity index (χ1v) is 36.4. The lowest BCUT2D eigenvalue weighted by Gasteiger charge is -2.21. The number of phosphoric ester groups is 2. The van der Waals surface area contributed by atoms with Gasteiger partial charge in [0.1, 0.15) is 19.3 Å². The van der Waals surface area contributed by atoms with Crippen molar-refractivity contribution in [2.75, 3.05) is 39.6 Å². The van der Waals surface area contributed by atoms with Gasteiger partial charge in [0.25, 0.3) is 0 Å². The zero-order valence-electron chi connectivity index (χ0n) is 53.5. The number of aliphatic hydroxyl groups is 1. The van der Waals surface area contributed by atoms with E-state index >= 15 is 0 Å². The summed E-state index contributed by atoms with van der Waals surface area (Å²) in [5.74, 6) is -1.39. The topological polar surface area (TPSA) is 237 Å². The van der Waals surface area contributed by atoms with Crippen molar-refractivity contribution in [1.29, 1.82) is 0 Å². The van der Waals surface area contributed by atoms with Crippen LogP contribution < -0.4 is 0 Å². The molecule has 0 bridgehead atoms. The summed E-state index contributed by atoms with van der Waals surface area (Å²) >= 11 is 0. The van der Waals surface area contributed by atoms with Gasteiger partial charge in [-0.05, 0) is 57.3 Å². The normalized spacial score (nSPS) is 14.4. The molecule has 494 valence electrons. The maximum absolute atomic E-state index is 13.0. The summed E-state index contributed by atoms with van der Waals surface area (Å²) in [5.41, 5.74) is 0. The number of rotatable bonds is 63. The second kappa shape index (κ2) is 58.2. The number of carbonyl (C=O) groups excluding carboxylic acids is 4. The van der Waals surface area contributed by atoms with Gasteiger partial charge in [-0.15, -0.1) is 0 Å². The van der Waals surface area contributed by atoms with E-state index in [0.717, 1.165) is 134 Å². The second-order valence-corrected chi connectivity index (χ2v) is 26.2. The van der Waals surface area contributed by atoms with E-state index in [1.165, 1.54) is 89.9 Å². The molecule has 0 aliphatic rings. The van der Waals surface area contributed by atoms with Crippen molar-refractivity contribution in [2.24, 2.45) is 5.92 Å². The number of ether oxygens (including phenoxy) is 4. The number of phosphoric acid groups is 2. The Morgan fingerprint density at radius 3 is 0.976 bits per heavy atom. The van der Waals surface area contributed by atoms with Crippen LogP contribution in [0.3, 0.4) is 0 Å². The Morgan fingerprint density at radius 2 is 0.643 bits per heavy atom. The first-order chi connectivity index (χ1) is 40.5. The molecule has 0 saturated heterocycles. The molecule has 0 aliphatic carbocycles. The highest BCUT2D eigenvalue weighted by Gasteiger charge is 2.30. The van der Waals surface area contributed by atoms with E-state index < -0.39 is 97.5 Å². The van der Waals surface area contributed by atoms with E-state index in [1.807, 2.05) is 0 Å². The third kappa shape index (κ3) is 58.6. The monoisotopic (exact) mass is 1240 g/mol. The third-order valence-corrected chi connectivity index (χ3v) is 16.3. The van der Waals surface area contributed by atoms with Crippen LogP contribution in [0, 0.1) is 5.92 Å². The summed E-state index contributed by atoms with van der Waals surface area (Å²) < 4.78 is 67.8. The van der Waals surface area contributed by atoms with Crippen LogP contribution in [0.15, 0.2) is 24.3 Å². The Hall–Kier alpha value is -2.46. The average molecular weight is 1240 g/mol. The van der Waals surface area contributed by atoms with E-state index in [2.05, 4.69) is 58.9 Å². The van der Waals surface area contributed by atoms with Crippen LogP contribution in [0.4, 0.5) is 0 Å². The van der Waals surface area contributed by atoms with Gasteiger partial charge in [-0.1, -0.05) is 252 Å². The Morgan fingerprint density at radius 1 is 0.369 bits per heavy atom. The van der Waals surface area contributed by atoms with Gasteiger partial charge in [0, 0.05) is 25.7 Å². The van der Waals surface area contributed by atoms with Crippen molar-refractivity contribution < 1.29 is 80.2 Å². The van der Waals surface area contributed by atoms with E-state index in [4.69, 9.17) is 37.0 Å². The second-order valence-electron chi connectivity index (χ2n) is 23.3. The van der Waals surface area contributed by atoms with Gasteiger partial charge in [-0.2, -0.15) is 0 Å². The molecule has 17 nitrogen and oxygen atoms in total. The quantitative estimate of drug-likeness (QED) is 0.0169. The molecule has 0 aromatic carbocycles. The van der Waals surface area contributed by atoms with Gasteiger partial charge < -0.3 is 33.8 Å². The maximum atomic E-state index is 13.0. The summed E-state index contributed by atoms with van der Waals surface area (Å²) in [6.45, 7) is 7.06. The van der Waals surface area contributed by atoms with Crippen molar-refractivity contribution in [1.82, 2.24) is 0 Å².